The van der Waals surface area contributed by atoms with E-state index in [4.69, 9.17) is 14.6 Å². The van der Waals surface area contributed by atoms with E-state index < -0.39 is 5.97 Å². The van der Waals surface area contributed by atoms with E-state index in [-0.39, 0.29) is 18.5 Å². The lowest BCUT2D eigenvalue weighted by molar-refractivity contribution is -0.139. The van der Waals surface area contributed by atoms with Crippen LogP contribution in [-0.4, -0.2) is 41.8 Å². The molecule has 2 fully saturated rings. The summed E-state index contributed by atoms with van der Waals surface area (Å²) < 4.78 is 24.7. The van der Waals surface area contributed by atoms with Crippen molar-refractivity contribution >= 4 is 5.97 Å². The number of carboxylic acids is 1. The third-order valence-corrected chi connectivity index (χ3v) is 5.64. The standard InChI is InChI=1S/C22H24FNO4/c23-17-2-1-3-19(10-17)28-21-9-6-16-12-24(13-20(16)21)11-15-4-7-18(8-5-15)27-14-22(25)26/h1-5,7-8,10,16,20-21H,6,9,11-14H2,(H,25,26)/t16-,20+,21-/m0/s1. The zero-order valence-corrected chi connectivity index (χ0v) is 15.6. The zero-order valence-electron chi connectivity index (χ0n) is 15.6. The molecule has 1 saturated heterocycles. The van der Waals surface area contributed by atoms with Crippen molar-refractivity contribution in [3.05, 3.63) is 59.9 Å². The quantitative estimate of drug-likeness (QED) is 0.790. The Hall–Kier alpha value is -2.60. The van der Waals surface area contributed by atoms with Gasteiger partial charge in [0.05, 0.1) is 0 Å². The topological polar surface area (TPSA) is 59.0 Å². The van der Waals surface area contributed by atoms with Gasteiger partial charge in [-0.2, -0.15) is 0 Å². The molecule has 148 valence electrons. The molecule has 1 saturated carbocycles. The summed E-state index contributed by atoms with van der Waals surface area (Å²) in [6, 6.07) is 14.0. The summed E-state index contributed by atoms with van der Waals surface area (Å²) in [6.45, 7) is 2.54. The molecular weight excluding hydrogens is 361 g/mol. The van der Waals surface area contributed by atoms with E-state index in [0.29, 0.717) is 23.3 Å². The van der Waals surface area contributed by atoms with Gasteiger partial charge >= 0.3 is 5.97 Å². The molecule has 6 heteroatoms. The molecule has 1 N–H and O–H groups in total. The maximum Gasteiger partial charge on any atom is 0.341 e. The van der Waals surface area contributed by atoms with Crippen molar-refractivity contribution in [1.82, 2.24) is 4.90 Å². The second-order valence-corrected chi connectivity index (χ2v) is 7.64. The van der Waals surface area contributed by atoms with Crippen molar-refractivity contribution in [1.29, 1.82) is 0 Å². The van der Waals surface area contributed by atoms with Gasteiger partial charge in [0.15, 0.2) is 6.61 Å². The molecule has 1 aliphatic carbocycles. The van der Waals surface area contributed by atoms with E-state index in [1.807, 2.05) is 30.3 Å². The van der Waals surface area contributed by atoms with Crippen LogP contribution in [-0.2, 0) is 11.3 Å². The molecule has 0 radical (unpaired) electrons. The first-order valence-corrected chi connectivity index (χ1v) is 9.65. The summed E-state index contributed by atoms with van der Waals surface area (Å²) in [4.78, 5) is 13.0. The highest BCUT2D eigenvalue weighted by Gasteiger charge is 2.43. The number of nitrogens with zero attached hydrogens (tertiary/aromatic N) is 1. The molecule has 0 bridgehead atoms. The first-order valence-electron chi connectivity index (χ1n) is 9.65. The van der Waals surface area contributed by atoms with Crippen LogP contribution < -0.4 is 9.47 Å². The first kappa shape index (κ1) is 18.7. The lowest BCUT2D eigenvalue weighted by Crippen LogP contribution is -2.28. The molecule has 2 aromatic carbocycles. The van der Waals surface area contributed by atoms with Gasteiger partial charge in [0.25, 0.3) is 0 Å². The Labute approximate surface area is 163 Å². The Morgan fingerprint density at radius 1 is 1.11 bits per heavy atom. The van der Waals surface area contributed by atoms with Crippen LogP contribution in [0.5, 0.6) is 11.5 Å². The van der Waals surface area contributed by atoms with Gasteiger partial charge in [0.2, 0.25) is 0 Å². The Kier molecular flexibility index (Phi) is 5.48. The number of carboxylic acid groups (broad SMARTS) is 1. The highest BCUT2D eigenvalue weighted by Crippen LogP contribution is 2.40. The van der Waals surface area contributed by atoms with E-state index in [1.54, 1.807) is 6.07 Å². The Bertz CT molecular complexity index is 826. The minimum absolute atomic E-state index is 0.142. The second-order valence-electron chi connectivity index (χ2n) is 7.64. The van der Waals surface area contributed by atoms with Gasteiger partial charge in [0.1, 0.15) is 23.4 Å². The molecule has 2 aromatic rings. The van der Waals surface area contributed by atoms with Gasteiger partial charge in [-0.15, -0.1) is 0 Å². The minimum Gasteiger partial charge on any atom is -0.490 e. The Morgan fingerprint density at radius 2 is 1.93 bits per heavy atom. The van der Waals surface area contributed by atoms with Crippen LogP contribution in [0.25, 0.3) is 0 Å². The van der Waals surface area contributed by atoms with Crippen molar-refractivity contribution in [3.63, 3.8) is 0 Å². The van der Waals surface area contributed by atoms with Crippen LogP contribution in [0.3, 0.4) is 0 Å². The number of benzene rings is 2. The van der Waals surface area contributed by atoms with Crippen molar-refractivity contribution in [2.45, 2.75) is 25.5 Å². The first-order chi connectivity index (χ1) is 13.6. The highest BCUT2D eigenvalue weighted by atomic mass is 19.1. The van der Waals surface area contributed by atoms with Crippen LogP contribution >= 0.6 is 0 Å². The summed E-state index contributed by atoms with van der Waals surface area (Å²) in [6.07, 6.45) is 2.31. The van der Waals surface area contributed by atoms with E-state index >= 15 is 0 Å². The number of aliphatic carboxylic acids is 1. The van der Waals surface area contributed by atoms with Gasteiger partial charge in [-0.05, 0) is 48.6 Å². The van der Waals surface area contributed by atoms with Gasteiger partial charge in [0, 0.05) is 31.6 Å². The smallest absolute Gasteiger partial charge is 0.341 e. The molecule has 0 amide bonds. The molecule has 0 spiro atoms. The fourth-order valence-corrected chi connectivity index (χ4v) is 4.39. The third kappa shape index (κ3) is 4.44. The van der Waals surface area contributed by atoms with Crippen LogP contribution in [0.4, 0.5) is 4.39 Å². The molecule has 4 rings (SSSR count). The SMILES string of the molecule is O=C(O)COc1ccc(CN2C[C@@H]3CC[C@H](Oc4cccc(F)c4)[C@@H]3C2)cc1. The zero-order chi connectivity index (χ0) is 19.5. The van der Waals surface area contributed by atoms with E-state index in [0.717, 1.165) is 32.5 Å². The molecule has 3 atom stereocenters. The third-order valence-electron chi connectivity index (χ3n) is 5.64. The van der Waals surface area contributed by atoms with E-state index in [9.17, 15) is 9.18 Å². The molecule has 5 nitrogen and oxygen atoms in total. The number of ether oxygens (including phenoxy) is 2. The highest BCUT2D eigenvalue weighted by molar-refractivity contribution is 5.68. The van der Waals surface area contributed by atoms with Crippen LogP contribution in [0.1, 0.15) is 18.4 Å². The number of carbonyl (C=O) groups is 1. The fourth-order valence-electron chi connectivity index (χ4n) is 4.39. The summed E-state index contributed by atoms with van der Waals surface area (Å²) in [7, 11) is 0. The van der Waals surface area contributed by atoms with Crippen LogP contribution in [0.15, 0.2) is 48.5 Å². The summed E-state index contributed by atoms with van der Waals surface area (Å²) in [5.74, 6) is 1.02. The van der Waals surface area contributed by atoms with Crippen LogP contribution in [0, 0.1) is 17.7 Å². The summed E-state index contributed by atoms with van der Waals surface area (Å²) in [5, 5.41) is 8.67. The Morgan fingerprint density at radius 3 is 2.68 bits per heavy atom. The molecule has 2 aliphatic rings. The molecule has 1 heterocycles. The monoisotopic (exact) mass is 385 g/mol. The van der Waals surface area contributed by atoms with Crippen molar-refractivity contribution in [2.24, 2.45) is 11.8 Å². The van der Waals surface area contributed by atoms with Gasteiger partial charge in [-0.1, -0.05) is 18.2 Å². The van der Waals surface area contributed by atoms with Gasteiger partial charge in [-0.25, -0.2) is 9.18 Å². The number of rotatable bonds is 7. The van der Waals surface area contributed by atoms with Crippen LogP contribution in [0.2, 0.25) is 0 Å². The average molecular weight is 385 g/mol. The molecule has 0 aromatic heterocycles. The van der Waals surface area contributed by atoms with E-state index in [2.05, 4.69) is 4.90 Å². The normalized spacial score (nSPS) is 24.1. The van der Waals surface area contributed by atoms with E-state index in [1.165, 1.54) is 17.7 Å². The number of hydrogen-bond donors (Lipinski definition) is 1. The van der Waals surface area contributed by atoms with Crippen molar-refractivity contribution in [2.75, 3.05) is 19.7 Å². The number of fused-ring (bicyclic) bond motifs is 1. The van der Waals surface area contributed by atoms with Gasteiger partial charge in [-0.3, -0.25) is 4.90 Å². The second kappa shape index (κ2) is 8.19. The molecular formula is C22H24FNO4. The molecule has 1 aliphatic heterocycles. The van der Waals surface area contributed by atoms with Crippen molar-refractivity contribution in [3.8, 4) is 11.5 Å². The van der Waals surface area contributed by atoms with Gasteiger partial charge < -0.3 is 14.6 Å². The maximum atomic E-state index is 13.4. The molecule has 28 heavy (non-hydrogen) atoms. The van der Waals surface area contributed by atoms with Crippen molar-refractivity contribution < 1.29 is 23.8 Å². The fraction of sp³-hybridized carbons (Fsp3) is 0.409. The summed E-state index contributed by atoms with van der Waals surface area (Å²) >= 11 is 0. The predicted molar refractivity (Wildman–Crippen MR) is 102 cm³/mol. The number of halogens is 1. The summed E-state index contributed by atoms with van der Waals surface area (Å²) in [5.41, 5.74) is 1.17. The maximum absolute atomic E-state index is 13.4. The Balaban J connectivity index is 1.32. The lowest BCUT2D eigenvalue weighted by Gasteiger charge is -2.22. The predicted octanol–water partition coefficient (Wildman–Crippen LogP) is 3.58. The lowest BCUT2D eigenvalue weighted by atomic mass is 9.99. The largest absolute Gasteiger partial charge is 0.490 e. The minimum atomic E-state index is -0.984. The number of likely N-dealkylation sites (tertiary alicyclic amines) is 1. The number of hydrogen-bond acceptors (Lipinski definition) is 4. The molecule has 0 unspecified atom stereocenters. The average Bonchev–Trinajstić information content (AvgIpc) is 3.22.